The number of anilines is 1. The number of benzene rings is 1. The summed E-state index contributed by atoms with van der Waals surface area (Å²) in [6, 6.07) is 7.78. The average Bonchev–Trinajstić information content (AvgIpc) is 2.48. The molecule has 1 aromatic rings. The highest BCUT2D eigenvalue weighted by Gasteiger charge is 2.29. The Morgan fingerprint density at radius 2 is 2.10 bits per heavy atom. The Labute approximate surface area is 127 Å². The van der Waals surface area contributed by atoms with Crippen molar-refractivity contribution in [3.63, 3.8) is 0 Å². The molecule has 1 saturated heterocycles. The second-order valence-electron chi connectivity index (χ2n) is 6.15. The fraction of sp³-hybridized carbons (Fsp3) is 0.588. The zero-order valence-electron chi connectivity index (χ0n) is 13.2. The molecule has 1 aliphatic heterocycles. The monoisotopic (exact) mass is 290 g/mol. The molecule has 0 aliphatic carbocycles. The summed E-state index contributed by atoms with van der Waals surface area (Å²) in [6.07, 6.45) is 1.71. The van der Waals surface area contributed by atoms with E-state index in [1.807, 2.05) is 29.2 Å². The van der Waals surface area contributed by atoms with Crippen LogP contribution in [0.5, 0.6) is 0 Å². The number of carbonyl (C=O) groups excluding carboxylic acids is 1. The lowest BCUT2D eigenvalue weighted by atomic mass is 9.93. The van der Waals surface area contributed by atoms with Crippen molar-refractivity contribution < 1.29 is 9.53 Å². The first-order valence-electron chi connectivity index (χ1n) is 7.67. The van der Waals surface area contributed by atoms with Gasteiger partial charge in [0.1, 0.15) is 0 Å². The molecule has 2 N–H and O–H groups in total. The maximum atomic E-state index is 12.5. The lowest BCUT2D eigenvalue weighted by molar-refractivity contribution is -0.136. The summed E-state index contributed by atoms with van der Waals surface area (Å²) in [4.78, 5) is 14.4. The second-order valence-corrected chi connectivity index (χ2v) is 6.15. The molecule has 1 heterocycles. The maximum Gasteiger partial charge on any atom is 0.223 e. The number of amides is 1. The summed E-state index contributed by atoms with van der Waals surface area (Å²) in [5.74, 6) is 0.945. The van der Waals surface area contributed by atoms with E-state index in [4.69, 9.17) is 10.5 Å². The van der Waals surface area contributed by atoms with Crippen molar-refractivity contribution in [1.82, 2.24) is 4.90 Å². The third kappa shape index (κ3) is 3.97. The summed E-state index contributed by atoms with van der Waals surface area (Å²) < 4.78 is 5.48. The second kappa shape index (κ2) is 6.94. The molecule has 21 heavy (non-hydrogen) atoms. The Kier molecular flexibility index (Phi) is 5.23. The van der Waals surface area contributed by atoms with Gasteiger partial charge in [-0.05, 0) is 36.0 Å². The van der Waals surface area contributed by atoms with Gasteiger partial charge in [0.2, 0.25) is 5.91 Å². The highest BCUT2D eigenvalue weighted by atomic mass is 16.5. The van der Waals surface area contributed by atoms with Gasteiger partial charge in [-0.25, -0.2) is 0 Å². The van der Waals surface area contributed by atoms with E-state index in [1.165, 1.54) is 0 Å². The van der Waals surface area contributed by atoms with E-state index in [0.29, 0.717) is 18.9 Å². The largest absolute Gasteiger partial charge is 0.399 e. The van der Waals surface area contributed by atoms with E-state index >= 15 is 0 Å². The van der Waals surface area contributed by atoms with E-state index in [2.05, 4.69) is 13.8 Å². The van der Waals surface area contributed by atoms with Crippen molar-refractivity contribution in [2.75, 3.05) is 25.9 Å². The van der Waals surface area contributed by atoms with E-state index in [9.17, 15) is 4.79 Å². The molecule has 0 bridgehead atoms. The molecule has 4 nitrogen and oxygen atoms in total. The predicted octanol–water partition coefficient (Wildman–Crippen LogP) is 2.65. The van der Waals surface area contributed by atoms with Gasteiger partial charge in [0, 0.05) is 32.3 Å². The Balaban J connectivity index is 1.93. The highest BCUT2D eigenvalue weighted by Crippen LogP contribution is 2.24. The Morgan fingerprint density at radius 3 is 2.71 bits per heavy atom. The molecule has 3 atom stereocenters. The fourth-order valence-electron chi connectivity index (χ4n) is 2.90. The zero-order chi connectivity index (χ0) is 15.4. The van der Waals surface area contributed by atoms with E-state index < -0.39 is 0 Å². The topological polar surface area (TPSA) is 55.6 Å². The first-order valence-corrected chi connectivity index (χ1v) is 7.67. The summed E-state index contributed by atoms with van der Waals surface area (Å²) >= 11 is 0. The smallest absolute Gasteiger partial charge is 0.223 e. The molecule has 1 aliphatic rings. The van der Waals surface area contributed by atoms with Crippen molar-refractivity contribution in [2.45, 2.75) is 38.7 Å². The van der Waals surface area contributed by atoms with Gasteiger partial charge in [0.05, 0.1) is 6.10 Å². The number of methoxy groups -OCH3 is 1. The normalized spacial score (nSPS) is 23.9. The van der Waals surface area contributed by atoms with Crippen LogP contribution >= 0.6 is 0 Å². The number of ether oxygens (including phenoxy) is 1. The zero-order valence-corrected chi connectivity index (χ0v) is 13.2. The fourth-order valence-corrected chi connectivity index (χ4v) is 2.90. The minimum atomic E-state index is 0.162. The maximum absolute atomic E-state index is 12.5. The van der Waals surface area contributed by atoms with Gasteiger partial charge in [-0.3, -0.25) is 4.79 Å². The minimum Gasteiger partial charge on any atom is -0.399 e. The molecule has 0 radical (unpaired) electrons. The Morgan fingerprint density at radius 1 is 1.43 bits per heavy atom. The number of hydrogen-bond donors (Lipinski definition) is 1. The van der Waals surface area contributed by atoms with Crippen LogP contribution < -0.4 is 5.73 Å². The molecule has 0 spiro atoms. The van der Waals surface area contributed by atoms with Crippen LogP contribution in [0.15, 0.2) is 24.3 Å². The molecule has 0 saturated carbocycles. The first kappa shape index (κ1) is 15.8. The number of nitrogens with zero attached hydrogens (tertiary/aromatic N) is 1. The lowest BCUT2D eigenvalue weighted by Crippen LogP contribution is -2.46. The number of hydrogen-bond acceptors (Lipinski definition) is 3. The Bertz CT molecular complexity index is 472. The van der Waals surface area contributed by atoms with Gasteiger partial charge < -0.3 is 15.4 Å². The van der Waals surface area contributed by atoms with E-state index in [-0.39, 0.29) is 17.9 Å². The number of nitrogens with two attached hydrogens (primary N) is 1. The lowest BCUT2D eigenvalue weighted by Gasteiger charge is -2.36. The van der Waals surface area contributed by atoms with Crippen molar-refractivity contribution in [3.8, 4) is 0 Å². The summed E-state index contributed by atoms with van der Waals surface area (Å²) in [5.41, 5.74) is 7.61. The molecule has 3 unspecified atom stereocenters. The molecule has 0 aromatic heterocycles. The van der Waals surface area contributed by atoms with Gasteiger partial charge in [-0.2, -0.15) is 0 Å². The van der Waals surface area contributed by atoms with Gasteiger partial charge in [0.15, 0.2) is 0 Å². The third-order valence-corrected chi connectivity index (χ3v) is 4.53. The van der Waals surface area contributed by atoms with Gasteiger partial charge in [0.25, 0.3) is 0 Å². The molecular weight excluding hydrogens is 264 g/mol. The van der Waals surface area contributed by atoms with Crippen molar-refractivity contribution in [1.29, 1.82) is 0 Å². The van der Waals surface area contributed by atoms with Crippen LogP contribution in [0.4, 0.5) is 5.69 Å². The van der Waals surface area contributed by atoms with Gasteiger partial charge >= 0.3 is 0 Å². The molecule has 4 heteroatoms. The van der Waals surface area contributed by atoms with Crippen molar-refractivity contribution in [2.24, 2.45) is 5.92 Å². The summed E-state index contributed by atoms with van der Waals surface area (Å²) in [5, 5.41) is 0. The summed E-state index contributed by atoms with van der Waals surface area (Å²) in [6.45, 7) is 5.83. The highest BCUT2D eigenvalue weighted by molar-refractivity contribution is 5.77. The predicted molar refractivity (Wildman–Crippen MR) is 85.0 cm³/mol. The molecular formula is C17H26N2O2. The number of carbonyl (C=O) groups is 1. The van der Waals surface area contributed by atoms with Crippen LogP contribution in [0.3, 0.4) is 0 Å². The van der Waals surface area contributed by atoms with Crippen LogP contribution in [0, 0.1) is 5.92 Å². The van der Waals surface area contributed by atoms with Crippen LogP contribution in [-0.4, -0.2) is 37.1 Å². The number of nitrogen functional groups attached to an aromatic ring is 1. The molecule has 1 fully saturated rings. The summed E-state index contributed by atoms with van der Waals surface area (Å²) in [7, 11) is 1.73. The number of piperidine rings is 1. The third-order valence-electron chi connectivity index (χ3n) is 4.53. The van der Waals surface area contributed by atoms with Crippen LogP contribution in [0.2, 0.25) is 0 Å². The average molecular weight is 290 g/mol. The van der Waals surface area contributed by atoms with Gasteiger partial charge in [-0.15, -0.1) is 0 Å². The SMILES string of the molecule is COC1CN(C(=O)CC(C)c2ccc(N)cc2)CCC1C. The molecule has 116 valence electrons. The number of rotatable bonds is 4. The van der Waals surface area contributed by atoms with Crippen LogP contribution in [-0.2, 0) is 9.53 Å². The Hall–Kier alpha value is -1.55. The van der Waals surface area contributed by atoms with E-state index in [1.54, 1.807) is 7.11 Å². The minimum absolute atomic E-state index is 0.162. The molecule has 2 rings (SSSR count). The van der Waals surface area contributed by atoms with Crippen molar-refractivity contribution in [3.05, 3.63) is 29.8 Å². The van der Waals surface area contributed by atoms with Gasteiger partial charge in [-0.1, -0.05) is 26.0 Å². The number of likely N-dealkylation sites (tertiary alicyclic amines) is 1. The quantitative estimate of drug-likeness (QED) is 0.867. The van der Waals surface area contributed by atoms with Crippen molar-refractivity contribution >= 4 is 11.6 Å². The molecule has 1 amide bonds. The van der Waals surface area contributed by atoms with Crippen LogP contribution in [0.25, 0.3) is 0 Å². The molecule has 1 aromatic carbocycles. The van der Waals surface area contributed by atoms with Crippen LogP contribution in [0.1, 0.15) is 38.2 Å². The first-order chi connectivity index (χ1) is 10.0. The standard InChI is InChI=1S/C17H26N2O2/c1-12-8-9-19(11-16(12)21-3)17(20)10-13(2)14-4-6-15(18)7-5-14/h4-7,12-13,16H,8-11,18H2,1-3H3. The van der Waals surface area contributed by atoms with E-state index in [0.717, 1.165) is 24.2 Å².